The first-order valence-corrected chi connectivity index (χ1v) is 23.2. The van der Waals surface area contributed by atoms with E-state index < -0.39 is 0 Å². The van der Waals surface area contributed by atoms with Gasteiger partial charge < -0.3 is 14.7 Å². The minimum Gasteiger partial charge on any atom is -0.331 e. The number of allylic oxidation sites excluding steroid dienone is 2. The first kappa shape index (κ1) is 38.9. The van der Waals surface area contributed by atoms with Gasteiger partial charge in [-0.2, -0.15) is 0 Å². The van der Waals surface area contributed by atoms with Crippen LogP contribution in [0.2, 0.25) is 0 Å². The van der Waals surface area contributed by atoms with E-state index in [1.54, 1.807) is 0 Å². The van der Waals surface area contributed by atoms with Crippen LogP contribution >= 0.6 is 11.8 Å². The highest BCUT2D eigenvalue weighted by molar-refractivity contribution is 7.99. The second kappa shape index (κ2) is 16.1. The molecule has 0 radical (unpaired) electrons. The van der Waals surface area contributed by atoms with Crippen molar-refractivity contribution in [3.05, 3.63) is 254 Å². The topological polar surface area (TPSA) is 9.72 Å². The molecule has 9 aromatic rings. The summed E-state index contributed by atoms with van der Waals surface area (Å²) in [7, 11) is 0. The fourth-order valence-electron chi connectivity index (χ4n) is 10.1. The highest BCUT2D eigenvalue weighted by Gasteiger charge is 2.47. The zero-order valence-electron chi connectivity index (χ0n) is 36.0. The molecule has 0 saturated carbocycles. The molecular weight excluding hydrogens is 807 g/mol. The minimum atomic E-state index is -0.294. The van der Waals surface area contributed by atoms with Crippen molar-refractivity contribution in [2.24, 2.45) is 0 Å². The third-order valence-electron chi connectivity index (χ3n) is 13.3. The molecule has 1 aliphatic carbocycles. The molecule has 65 heavy (non-hydrogen) atoms. The predicted molar refractivity (Wildman–Crippen MR) is 274 cm³/mol. The summed E-state index contributed by atoms with van der Waals surface area (Å²) in [5.41, 5.74) is 17.5. The number of para-hydroxylation sites is 2. The maximum absolute atomic E-state index is 2.56. The van der Waals surface area contributed by atoms with Gasteiger partial charge >= 0.3 is 0 Å². The molecule has 0 spiro atoms. The van der Waals surface area contributed by atoms with Gasteiger partial charge in [0, 0.05) is 49.8 Å². The summed E-state index contributed by atoms with van der Waals surface area (Å²) in [6.07, 6.45) is 9.17. The van der Waals surface area contributed by atoms with Crippen molar-refractivity contribution >= 4 is 57.3 Å². The SMILES string of the molecule is CC12C=CC=CC1c1ccc(N(c3ccc(-c4ccccc4)cc3)c3ccc(-c4ccc(-c5ccccc5)cc4)cc3)cc1N2c1ccc(N2c3ccccc3Sc3ccccc32)cc1. The third kappa shape index (κ3) is 6.86. The van der Waals surface area contributed by atoms with E-state index in [-0.39, 0.29) is 11.5 Å². The Kier molecular flexibility index (Phi) is 9.61. The lowest BCUT2D eigenvalue weighted by Crippen LogP contribution is -2.41. The minimum absolute atomic E-state index is 0.195. The molecule has 4 heteroatoms. The van der Waals surface area contributed by atoms with Gasteiger partial charge in [-0.3, -0.25) is 0 Å². The molecule has 0 amide bonds. The predicted octanol–water partition coefficient (Wildman–Crippen LogP) is 17.2. The van der Waals surface area contributed by atoms with Crippen LogP contribution in [0.1, 0.15) is 18.4 Å². The molecule has 3 nitrogen and oxygen atoms in total. The van der Waals surface area contributed by atoms with Crippen LogP contribution in [0, 0.1) is 0 Å². The van der Waals surface area contributed by atoms with E-state index in [0.717, 1.165) is 28.4 Å². The number of nitrogens with zero attached hydrogens (tertiary/aromatic N) is 3. The number of hydrogen-bond donors (Lipinski definition) is 0. The van der Waals surface area contributed by atoms with Crippen LogP contribution < -0.4 is 14.7 Å². The first-order chi connectivity index (χ1) is 32.1. The number of rotatable bonds is 8. The van der Waals surface area contributed by atoms with Gasteiger partial charge in [0.2, 0.25) is 0 Å². The van der Waals surface area contributed by atoms with Gasteiger partial charge in [-0.05, 0) is 131 Å². The van der Waals surface area contributed by atoms with Crippen LogP contribution in [0.4, 0.5) is 45.5 Å². The van der Waals surface area contributed by atoms with Gasteiger partial charge in [0.05, 0.1) is 16.9 Å². The van der Waals surface area contributed by atoms with Gasteiger partial charge in [-0.1, -0.05) is 176 Å². The maximum Gasteiger partial charge on any atom is 0.0712 e. The number of anilines is 8. The molecular formula is C61H45N3S. The fourth-order valence-corrected chi connectivity index (χ4v) is 11.1. The average Bonchev–Trinajstić information content (AvgIpc) is 3.64. The van der Waals surface area contributed by atoms with Crippen molar-refractivity contribution in [2.75, 3.05) is 14.7 Å². The van der Waals surface area contributed by atoms with Crippen molar-refractivity contribution in [2.45, 2.75) is 28.2 Å². The Balaban J connectivity index is 0.938. The fraction of sp³-hybridized carbons (Fsp3) is 0.0492. The molecule has 310 valence electrons. The monoisotopic (exact) mass is 851 g/mol. The molecule has 2 atom stereocenters. The first-order valence-electron chi connectivity index (χ1n) is 22.4. The second-order valence-corrected chi connectivity index (χ2v) is 18.2. The van der Waals surface area contributed by atoms with Gasteiger partial charge in [-0.25, -0.2) is 0 Å². The summed E-state index contributed by atoms with van der Waals surface area (Å²) in [6.45, 7) is 2.38. The van der Waals surface area contributed by atoms with Crippen LogP contribution in [-0.2, 0) is 0 Å². The lowest BCUT2D eigenvalue weighted by Gasteiger charge is -2.39. The molecule has 2 unspecified atom stereocenters. The number of fused-ring (bicyclic) bond motifs is 5. The van der Waals surface area contributed by atoms with Crippen molar-refractivity contribution in [3.8, 4) is 33.4 Å². The molecule has 0 fully saturated rings. The lowest BCUT2D eigenvalue weighted by atomic mass is 9.80. The normalized spacial score (nSPS) is 16.7. The molecule has 0 saturated heterocycles. The molecule has 0 bridgehead atoms. The highest BCUT2D eigenvalue weighted by Crippen LogP contribution is 2.56. The van der Waals surface area contributed by atoms with Crippen LogP contribution in [-0.4, -0.2) is 5.54 Å². The summed E-state index contributed by atoms with van der Waals surface area (Å²) in [4.78, 5) is 9.89. The zero-order valence-corrected chi connectivity index (χ0v) is 36.8. The molecule has 2 aliphatic heterocycles. The number of benzene rings is 9. The largest absolute Gasteiger partial charge is 0.331 e. The summed E-state index contributed by atoms with van der Waals surface area (Å²) >= 11 is 1.84. The Labute approximate surface area is 385 Å². The van der Waals surface area contributed by atoms with E-state index in [1.807, 2.05) is 11.8 Å². The Hall–Kier alpha value is -7.79. The molecule has 0 aromatic heterocycles. The van der Waals surface area contributed by atoms with E-state index in [0.29, 0.717) is 0 Å². The standard InChI is InChI=1S/C61H45N3S/c1-61-41-13-12-18-55(61)54-40-39-53(42-58(54)64(61)52-37-35-51(36-38-52)63-56-19-8-10-21-59(56)65-60-22-11-9-20-57(60)63)62(49-31-27-47(28-32-49)44-16-6-3-7-17-44)50-33-29-48(30-34-50)46-25-23-45(24-26-46)43-14-4-2-5-15-43/h2-42,55H,1H3. The third-order valence-corrected chi connectivity index (χ3v) is 14.4. The summed E-state index contributed by atoms with van der Waals surface area (Å²) in [6, 6.07) is 81.8. The van der Waals surface area contributed by atoms with Gasteiger partial charge in [0.1, 0.15) is 0 Å². The maximum atomic E-state index is 2.56. The summed E-state index contributed by atoms with van der Waals surface area (Å²) in [5.74, 6) is 0.195. The smallest absolute Gasteiger partial charge is 0.0712 e. The Bertz CT molecular complexity index is 3190. The Morgan fingerprint density at radius 1 is 0.415 bits per heavy atom. The van der Waals surface area contributed by atoms with Gasteiger partial charge in [0.15, 0.2) is 0 Å². The van der Waals surface area contributed by atoms with E-state index in [4.69, 9.17) is 0 Å². The molecule has 2 heterocycles. The van der Waals surface area contributed by atoms with Gasteiger partial charge in [-0.15, -0.1) is 0 Å². The van der Waals surface area contributed by atoms with Crippen molar-refractivity contribution in [1.29, 1.82) is 0 Å². The van der Waals surface area contributed by atoms with Crippen LogP contribution in [0.5, 0.6) is 0 Å². The Morgan fingerprint density at radius 3 is 1.40 bits per heavy atom. The molecule has 9 aromatic carbocycles. The lowest BCUT2D eigenvalue weighted by molar-refractivity contribution is 0.542. The summed E-state index contributed by atoms with van der Waals surface area (Å²) in [5, 5.41) is 0. The molecule has 0 N–H and O–H groups in total. The van der Waals surface area contributed by atoms with Crippen LogP contribution in [0.15, 0.2) is 259 Å². The number of hydrogen-bond acceptors (Lipinski definition) is 4. The van der Waals surface area contributed by atoms with Crippen molar-refractivity contribution in [3.63, 3.8) is 0 Å². The quantitative estimate of drug-likeness (QED) is 0.151. The van der Waals surface area contributed by atoms with E-state index in [9.17, 15) is 0 Å². The van der Waals surface area contributed by atoms with Crippen molar-refractivity contribution in [1.82, 2.24) is 0 Å². The average molecular weight is 852 g/mol. The van der Waals surface area contributed by atoms with E-state index >= 15 is 0 Å². The molecule has 12 rings (SSSR count). The zero-order chi connectivity index (χ0) is 43.3. The summed E-state index contributed by atoms with van der Waals surface area (Å²) < 4.78 is 0. The van der Waals surface area contributed by atoms with Gasteiger partial charge in [0.25, 0.3) is 0 Å². The van der Waals surface area contributed by atoms with Crippen LogP contribution in [0.3, 0.4) is 0 Å². The molecule has 3 aliphatic rings. The highest BCUT2D eigenvalue weighted by atomic mass is 32.2. The van der Waals surface area contributed by atoms with Crippen molar-refractivity contribution < 1.29 is 0 Å². The van der Waals surface area contributed by atoms with Crippen LogP contribution in [0.25, 0.3) is 33.4 Å². The second-order valence-electron chi connectivity index (χ2n) is 17.2. The Morgan fingerprint density at radius 2 is 0.862 bits per heavy atom. The van der Waals surface area contributed by atoms with E-state index in [2.05, 4.69) is 270 Å². The van der Waals surface area contributed by atoms with E-state index in [1.165, 1.54) is 65.8 Å².